The number of hydrogen-bond donors (Lipinski definition) is 1. The van der Waals surface area contributed by atoms with E-state index in [9.17, 15) is 9.59 Å². The van der Waals surface area contributed by atoms with Gasteiger partial charge in [0.15, 0.2) is 0 Å². The first-order valence-corrected chi connectivity index (χ1v) is 9.42. The molecule has 0 bridgehead atoms. The summed E-state index contributed by atoms with van der Waals surface area (Å²) in [7, 11) is 0. The number of ether oxygens (including phenoxy) is 1. The summed E-state index contributed by atoms with van der Waals surface area (Å²) in [6.45, 7) is 2.80. The summed E-state index contributed by atoms with van der Waals surface area (Å²) >= 11 is 0. The fourth-order valence-corrected chi connectivity index (χ4v) is 3.30. The number of fused-ring (bicyclic) bond motifs is 1. The van der Waals surface area contributed by atoms with Crippen LogP contribution in [0.3, 0.4) is 0 Å². The van der Waals surface area contributed by atoms with E-state index in [0.29, 0.717) is 22.8 Å². The Morgan fingerprint density at radius 2 is 1.79 bits per heavy atom. The molecule has 29 heavy (non-hydrogen) atoms. The fourth-order valence-electron chi connectivity index (χ4n) is 3.30. The molecule has 2 aromatic carbocycles. The van der Waals surface area contributed by atoms with Gasteiger partial charge in [-0.25, -0.2) is 14.8 Å². The monoisotopic (exact) mass is 388 g/mol. The number of benzene rings is 2. The highest BCUT2D eigenvalue weighted by Crippen LogP contribution is 2.32. The zero-order valence-corrected chi connectivity index (χ0v) is 16.0. The summed E-state index contributed by atoms with van der Waals surface area (Å²) < 4.78 is 5.04. The van der Waals surface area contributed by atoms with Crippen molar-refractivity contribution in [2.45, 2.75) is 13.3 Å². The van der Waals surface area contributed by atoms with Gasteiger partial charge in [0, 0.05) is 24.6 Å². The third-order valence-electron chi connectivity index (χ3n) is 4.70. The van der Waals surface area contributed by atoms with Crippen LogP contribution >= 0.6 is 0 Å². The van der Waals surface area contributed by atoms with Crippen LogP contribution in [0.2, 0.25) is 0 Å². The SMILES string of the molecule is CCOC(=O)c1ccccc1NC(=O)c1cnc(N2CCc3ccccc32)nc1. The molecule has 1 aliphatic rings. The number of nitrogens with zero attached hydrogens (tertiary/aromatic N) is 3. The highest BCUT2D eigenvalue weighted by atomic mass is 16.5. The van der Waals surface area contributed by atoms with Crippen LogP contribution in [0.5, 0.6) is 0 Å². The predicted octanol–water partition coefficient (Wildman–Crippen LogP) is 3.60. The first-order valence-electron chi connectivity index (χ1n) is 9.42. The van der Waals surface area contributed by atoms with Gasteiger partial charge < -0.3 is 15.0 Å². The molecular formula is C22H20N4O3. The Kier molecular flexibility index (Phi) is 5.20. The number of esters is 1. The minimum Gasteiger partial charge on any atom is -0.462 e. The molecular weight excluding hydrogens is 368 g/mol. The van der Waals surface area contributed by atoms with Gasteiger partial charge in [-0.2, -0.15) is 0 Å². The molecule has 146 valence electrons. The minimum atomic E-state index is -0.484. The molecule has 1 aliphatic heterocycles. The number of anilines is 3. The lowest BCUT2D eigenvalue weighted by Crippen LogP contribution is -2.19. The molecule has 0 atom stereocenters. The van der Waals surface area contributed by atoms with Gasteiger partial charge in [0.2, 0.25) is 5.95 Å². The second-order valence-electron chi connectivity index (χ2n) is 6.52. The van der Waals surface area contributed by atoms with E-state index in [4.69, 9.17) is 4.74 Å². The van der Waals surface area contributed by atoms with Crippen LogP contribution in [0.15, 0.2) is 60.9 Å². The van der Waals surface area contributed by atoms with E-state index >= 15 is 0 Å². The highest BCUT2D eigenvalue weighted by molar-refractivity contribution is 6.07. The van der Waals surface area contributed by atoms with E-state index in [1.165, 1.54) is 18.0 Å². The average Bonchev–Trinajstić information content (AvgIpc) is 3.18. The first-order chi connectivity index (χ1) is 14.2. The van der Waals surface area contributed by atoms with Gasteiger partial charge in [-0.3, -0.25) is 4.79 Å². The van der Waals surface area contributed by atoms with Crippen LogP contribution in [0, 0.1) is 0 Å². The number of carbonyl (C=O) groups excluding carboxylic acids is 2. The normalized spacial score (nSPS) is 12.4. The highest BCUT2D eigenvalue weighted by Gasteiger charge is 2.22. The Balaban J connectivity index is 1.51. The van der Waals surface area contributed by atoms with E-state index in [1.54, 1.807) is 31.2 Å². The largest absolute Gasteiger partial charge is 0.462 e. The summed E-state index contributed by atoms with van der Waals surface area (Å²) in [4.78, 5) is 35.5. The molecule has 3 aromatic rings. The van der Waals surface area contributed by atoms with Gasteiger partial charge in [-0.15, -0.1) is 0 Å². The van der Waals surface area contributed by atoms with Crippen molar-refractivity contribution >= 4 is 29.2 Å². The van der Waals surface area contributed by atoms with E-state index in [2.05, 4.69) is 21.4 Å². The number of nitrogens with one attached hydrogen (secondary N) is 1. The van der Waals surface area contributed by atoms with Crippen molar-refractivity contribution in [1.82, 2.24) is 9.97 Å². The van der Waals surface area contributed by atoms with Crippen LogP contribution in [-0.2, 0) is 11.2 Å². The van der Waals surface area contributed by atoms with E-state index < -0.39 is 11.9 Å². The van der Waals surface area contributed by atoms with Crippen molar-refractivity contribution in [2.75, 3.05) is 23.4 Å². The van der Waals surface area contributed by atoms with Crippen LogP contribution < -0.4 is 10.2 Å². The van der Waals surface area contributed by atoms with E-state index in [0.717, 1.165) is 18.7 Å². The van der Waals surface area contributed by atoms with Crippen molar-refractivity contribution < 1.29 is 14.3 Å². The van der Waals surface area contributed by atoms with Gasteiger partial charge in [0.25, 0.3) is 5.91 Å². The van der Waals surface area contributed by atoms with Gasteiger partial charge in [-0.05, 0) is 37.1 Å². The maximum Gasteiger partial charge on any atom is 0.340 e. The molecule has 0 radical (unpaired) electrons. The first kappa shape index (κ1) is 18.6. The lowest BCUT2D eigenvalue weighted by atomic mass is 10.1. The zero-order chi connectivity index (χ0) is 20.2. The Hall–Kier alpha value is -3.74. The molecule has 7 nitrogen and oxygen atoms in total. The third-order valence-corrected chi connectivity index (χ3v) is 4.70. The van der Waals surface area contributed by atoms with Crippen LogP contribution in [0.25, 0.3) is 0 Å². The Bertz CT molecular complexity index is 1050. The van der Waals surface area contributed by atoms with Crippen LogP contribution in [0.4, 0.5) is 17.3 Å². The molecule has 1 N–H and O–H groups in total. The van der Waals surface area contributed by atoms with Gasteiger partial charge >= 0.3 is 5.97 Å². The second-order valence-corrected chi connectivity index (χ2v) is 6.52. The third kappa shape index (κ3) is 3.80. The Morgan fingerprint density at radius 1 is 1.07 bits per heavy atom. The number of carbonyl (C=O) groups is 2. The molecule has 4 rings (SSSR count). The predicted molar refractivity (Wildman–Crippen MR) is 110 cm³/mol. The summed E-state index contributed by atoms with van der Waals surface area (Å²) in [5, 5.41) is 2.74. The summed E-state index contributed by atoms with van der Waals surface area (Å²) in [5.74, 6) is -0.323. The molecule has 0 saturated heterocycles. The molecule has 7 heteroatoms. The Morgan fingerprint density at radius 3 is 2.59 bits per heavy atom. The molecule has 0 fully saturated rings. The molecule has 0 spiro atoms. The van der Waals surface area contributed by atoms with E-state index in [1.807, 2.05) is 23.1 Å². The van der Waals surface area contributed by atoms with Gasteiger partial charge in [0.05, 0.1) is 23.4 Å². The van der Waals surface area contributed by atoms with Crippen molar-refractivity contribution in [3.05, 3.63) is 77.6 Å². The zero-order valence-electron chi connectivity index (χ0n) is 16.0. The smallest absolute Gasteiger partial charge is 0.340 e. The lowest BCUT2D eigenvalue weighted by molar-refractivity contribution is 0.0527. The molecule has 0 saturated carbocycles. The summed E-state index contributed by atoms with van der Waals surface area (Å²) in [6, 6.07) is 14.9. The van der Waals surface area contributed by atoms with Crippen molar-refractivity contribution in [3.8, 4) is 0 Å². The average molecular weight is 388 g/mol. The molecule has 0 aliphatic carbocycles. The van der Waals surface area contributed by atoms with Crippen molar-refractivity contribution in [2.24, 2.45) is 0 Å². The maximum atomic E-state index is 12.6. The van der Waals surface area contributed by atoms with Crippen LogP contribution in [-0.4, -0.2) is 35.0 Å². The fraction of sp³-hybridized carbons (Fsp3) is 0.182. The van der Waals surface area contributed by atoms with Gasteiger partial charge in [0.1, 0.15) is 0 Å². The second kappa shape index (κ2) is 8.10. The van der Waals surface area contributed by atoms with Crippen molar-refractivity contribution in [3.63, 3.8) is 0 Å². The maximum absolute atomic E-state index is 12.6. The Labute approximate surface area is 168 Å². The molecule has 0 unspecified atom stereocenters. The lowest BCUT2D eigenvalue weighted by Gasteiger charge is -2.17. The van der Waals surface area contributed by atoms with Crippen LogP contribution in [0.1, 0.15) is 33.2 Å². The molecule has 1 aromatic heterocycles. The standard InChI is InChI=1S/C22H20N4O3/c1-2-29-21(28)17-8-4-5-9-18(17)25-20(27)16-13-23-22(24-14-16)26-12-11-15-7-3-6-10-19(15)26/h3-10,13-14H,2,11-12H2,1H3,(H,25,27). The molecule has 1 amide bonds. The van der Waals surface area contributed by atoms with Gasteiger partial charge in [-0.1, -0.05) is 30.3 Å². The summed E-state index contributed by atoms with van der Waals surface area (Å²) in [5.41, 5.74) is 3.34. The topological polar surface area (TPSA) is 84.4 Å². The molecule has 2 heterocycles. The minimum absolute atomic E-state index is 0.260. The number of para-hydroxylation sites is 2. The quantitative estimate of drug-likeness (QED) is 0.673. The number of aromatic nitrogens is 2. The number of amides is 1. The number of hydrogen-bond acceptors (Lipinski definition) is 6. The van der Waals surface area contributed by atoms with Crippen molar-refractivity contribution in [1.29, 1.82) is 0 Å². The number of rotatable bonds is 5. The van der Waals surface area contributed by atoms with E-state index in [-0.39, 0.29) is 6.61 Å². The summed E-state index contributed by atoms with van der Waals surface area (Å²) in [6.07, 6.45) is 3.92.